The molecule has 1 atom stereocenters. The summed E-state index contributed by atoms with van der Waals surface area (Å²) in [6.07, 6.45) is -5.74. The highest BCUT2D eigenvalue weighted by molar-refractivity contribution is 5.81. The van der Waals surface area contributed by atoms with Gasteiger partial charge in [0.2, 0.25) is 0 Å². The Hall–Kier alpha value is -1.35. The smallest absolute Gasteiger partial charge is 0.378 e. The lowest BCUT2D eigenvalue weighted by Gasteiger charge is -2.37. The van der Waals surface area contributed by atoms with Gasteiger partial charge in [0, 0.05) is 12.5 Å². The Balaban J connectivity index is 5.43. The van der Waals surface area contributed by atoms with Crippen molar-refractivity contribution in [1.29, 1.82) is 0 Å². The molecule has 0 aliphatic carbocycles. The number of ether oxygens (including phenoxy) is 1. The van der Waals surface area contributed by atoms with Gasteiger partial charge in [0.15, 0.2) is 0 Å². The highest BCUT2D eigenvalue weighted by atomic mass is 19.4. The van der Waals surface area contributed by atoms with Crippen LogP contribution < -0.4 is 0 Å². The van der Waals surface area contributed by atoms with Gasteiger partial charge in [0.05, 0.1) is 6.42 Å². The lowest BCUT2D eigenvalue weighted by molar-refractivity contribution is -0.369. The highest BCUT2D eigenvalue weighted by Crippen LogP contribution is 2.55. The lowest BCUT2D eigenvalue weighted by Crippen LogP contribution is -2.62. The fraction of sp³-hybridized carbons (Fsp3) is 0.769. The molecule has 1 unspecified atom stereocenters. The second-order valence-electron chi connectivity index (χ2n) is 4.96. The van der Waals surface area contributed by atoms with Gasteiger partial charge in [-0.2, -0.15) is 35.1 Å². The van der Waals surface area contributed by atoms with Crippen LogP contribution in [0.25, 0.3) is 0 Å². The van der Waals surface area contributed by atoms with Gasteiger partial charge in [-0.25, -0.2) is 4.79 Å². The number of alkyl halides is 8. The first kappa shape index (κ1) is 21.6. The zero-order valence-electron chi connectivity index (χ0n) is 12.3. The number of carbonyl (C=O) groups excluding carboxylic acids is 1. The van der Waals surface area contributed by atoms with Crippen molar-refractivity contribution in [2.45, 2.75) is 62.9 Å². The number of rotatable bonds is 9. The Bertz CT molecular complexity index is 434. The van der Waals surface area contributed by atoms with E-state index in [1.165, 1.54) is 0 Å². The first-order valence-electron chi connectivity index (χ1n) is 6.50. The van der Waals surface area contributed by atoms with Gasteiger partial charge < -0.3 is 4.74 Å². The van der Waals surface area contributed by atoms with Crippen molar-refractivity contribution in [2.24, 2.45) is 0 Å². The summed E-state index contributed by atoms with van der Waals surface area (Å²) in [4.78, 5) is 10.8. The molecular formula is C13H16F8O2. The molecule has 0 rings (SSSR count). The monoisotopic (exact) mass is 356 g/mol. The van der Waals surface area contributed by atoms with Gasteiger partial charge in [0.25, 0.3) is 0 Å². The van der Waals surface area contributed by atoms with E-state index >= 15 is 0 Å². The maximum atomic E-state index is 13.5. The number of hydrogen-bond acceptors (Lipinski definition) is 2. The lowest BCUT2D eigenvalue weighted by atomic mass is 9.93. The third-order valence-corrected chi connectivity index (χ3v) is 2.90. The zero-order chi connectivity index (χ0) is 18.7. The Morgan fingerprint density at radius 2 is 1.48 bits per heavy atom. The first-order chi connectivity index (χ1) is 10.2. The van der Waals surface area contributed by atoms with E-state index in [0.29, 0.717) is 6.08 Å². The van der Waals surface area contributed by atoms with Gasteiger partial charge in [-0.3, -0.25) is 0 Å². The van der Waals surface area contributed by atoms with Crippen LogP contribution in [0.3, 0.4) is 0 Å². The van der Waals surface area contributed by atoms with E-state index < -0.39 is 55.0 Å². The molecule has 0 saturated heterocycles. The van der Waals surface area contributed by atoms with Crippen LogP contribution in [0.15, 0.2) is 12.7 Å². The highest BCUT2D eigenvalue weighted by Gasteiger charge is 2.79. The van der Waals surface area contributed by atoms with Crippen molar-refractivity contribution >= 4 is 5.97 Å². The summed E-state index contributed by atoms with van der Waals surface area (Å²) < 4.78 is 111. The Morgan fingerprint density at radius 1 is 1.04 bits per heavy atom. The molecular weight excluding hydrogens is 340 g/mol. The van der Waals surface area contributed by atoms with E-state index in [2.05, 4.69) is 11.3 Å². The summed E-state index contributed by atoms with van der Waals surface area (Å²) in [6, 6.07) is 0. The summed E-state index contributed by atoms with van der Waals surface area (Å²) in [6.45, 7) is 4.66. The standard InChI is InChI=1S/C13H16F8O2/c1-4-6-10(14,15)12(18,19)13(20,21)11(16,17)7-8(3)23-9(22)5-2/h5,8H,2,4,6-7H2,1,3H3. The Kier molecular flexibility index (Phi) is 6.63. The third kappa shape index (κ3) is 4.35. The molecule has 0 bridgehead atoms. The molecule has 0 aliphatic rings. The minimum absolute atomic E-state index is 0.538. The molecule has 2 nitrogen and oxygen atoms in total. The van der Waals surface area contributed by atoms with Crippen molar-refractivity contribution in [1.82, 2.24) is 0 Å². The van der Waals surface area contributed by atoms with Crippen LogP contribution in [0.1, 0.15) is 33.1 Å². The summed E-state index contributed by atoms with van der Waals surface area (Å²) in [7, 11) is 0. The van der Waals surface area contributed by atoms with Crippen LogP contribution in [0.2, 0.25) is 0 Å². The van der Waals surface area contributed by atoms with Gasteiger partial charge >= 0.3 is 29.7 Å². The second kappa shape index (κ2) is 7.04. The second-order valence-corrected chi connectivity index (χ2v) is 4.96. The molecule has 0 fully saturated rings. The number of esters is 1. The zero-order valence-corrected chi connectivity index (χ0v) is 12.3. The van der Waals surface area contributed by atoms with Crippen molar-refractivity contribution in [3.8, 4) is 0 Å². The minimum atomic E-state index is -6.34. The average molecular weight is 356 g/mol. The van der Waals surface area contributed by atoms with Gasteiger partial charge in [-0.1, -0.05) is 19.9 Å². The molecule has 0 radical (unpaired) electrons. The maximum absolute atomic E-state index is 13.5. The summed E-state index contributed by atoms with van der Waals surface area (Å²) >= 11 is 0. The largest absolute Gasteiger partial charge is 0.459 e. The number of halogens is 8. The van der Waals surface area contributed by atoms with Gasteiger partial charge in [0.1, 0.15) is 6.10 Å². The van der Waals surface area contributed by atoms with Crippen LogP contribution in [0.5, 0.6) is 0 Å². The van der Waals surface area contributed by atoms with E-state index in [1.54, 1.807) is 0 Å². The van der Waals surface area contributed by atoms with E-state index in [9.17, 15) is 39.9 Å². The molecule has 0 aromatic carbocycles. The quantitative estimate of drug-likeness (QED) is 0.336. The summed E-state index contributed by atoms with van der Waals surface area (Å²) in [5.41, 5.74) is 0. The number of hydrogen-bond donors (Lipinski definition) is 0. The topological polar surface area (TPSA) is 26.3 Å². The van der Waals surface area contributed by atoms with Crippen molar-refractivity contribution in [3.63, 3.8) is 0 Å². The maximum Gasteiger partial charge on any atom is 0.378 e. The normalized spacial score (nSPS) is 15.2. The first-order valence-corrected chi connectivity index (χ1v) is 6.50. The van der Waals surface area contributed by atoms with E-state index in [4.69, 9.17) is 0 Å². The van der Waals surface area contributed by atoms with E-state index in [1.807, 2.05) is 0 Å². The summed E-state index contributed by atoms with van der Waals surface area (Å²) in [5, 5.41) is 0. The molecule has 0 N–H and O–H groups in total. The van der Waals surface area contributed by atoms with Crippen LogP contribution >= 0.6 is 0 Å². The predicted molar refractivity (Wildman–Crippen MR) is 65.1 cm³/mol. The molecule has 136 valence electrons. The molecule has 0 aliphatic heterocycles. The van der Waals surface area contributed by atoms with E-state index in [0.717, 1.165) is 13.8 Å². The molecule has 23 heavy (non-hydrogen) atoms. The molecule has 0 saturated carbocycles. The summed E-state index contributed by atoms with van der Waals surface area (Å²) in [5.74, 6) is -24.7. The number of carbonyl (C=O) groups is 1. The molecule has 0 aromatic rings. The minimum Gasteiger partial charge on any atom is -0.459 e. The fourth-order valence-electron chi connectivity index (χ4n) is 1.71. The van der Waals surface area contributed by atoms with Gasteiger partial charge in [-0.15, -0.1) is 0 Å². The molecule has 0 aromatic heterocycles. The van der Waals surface area contributed by atoms with Crippen LogP contribution in [-0.4, -0.2) is 35.8 Å². The molecule has 10 heteroatoms. The Morgan fingerprint density at radius 3 is 1.87 bits per heavy atom. The van der Waals surface area contributed by atoms with Crippen molar-refractivity contribution < 1.29 is 44.7 Å². The SMILES string of the molecule is C=CC(=O)OC(C)CC(F)(F)C(F)(F)C(F)(F)C(F)(F)CCC. The van der Waals surface area contributed by atoms with Crippen LogP contribution in [0, 0.1) is 0 Å². The van der Waals surface area contributed by atoms with Crippen molar-refractivity contribution in [3.05, 3.63) is 12.7 Å². The molecule has 0 spiro atoms. The van der Waals surface area contributed by atoms with Crippen LogP contribution in [0.4, 0.5) is 35.1 Å². The fourth-order valence-corrected chi connectivity index (χ4v) is 1.71. The predicted octanol–water partition coefficient (Wildman–Crippen LogP) is 4.84. The van der Waals surface area contributed by atoms with Crippen LogP contribution in [-0.2, 0) is 9.53 Å². The molecule has 0 amide bonds. The van der Waals surface area contributed by atoms with Gasteiger partial charge in [-0.05, 0) is 6.92 Å². The van der Waals surface area contributed by atoms with Crippen molar-refractivity contribution in [2.75, 3.05) is 0 Å². The average Bonchev–Trinajstić information content (AvgIpc) is 2.36. The Labute approximate surface area is 127 Å². The molecule has 0 heterocycles. The third-order valence-electron chi connectivity index (χ3n) is 2.90. The van der Waals surface area contributed by atoms with E-state index in [-0.39, 0.29) is 0 Å².